The molecular formula is C12H11ClN2O3. The predicted molar refractivity (Wildman–Crippen MR) is 68.4 cm³/mol. The summed E-state index contributed by atoms with van der Waals surface area (Å²) in [4.78, 5) is 10.3. The fraction of sp³-hybridized carbons (Fsp3) is 0.167. The first-order valence-electron chi connectivity index (χ1n) is 5.32. The molecule has 2 aromatic rings. The Labute approximate surface area is 109 Å². The molecule has 0 spiro atoms. The average Bonchev–Trinajstić information content (AvgIpc) is 2.84. The van der Waals surface area contributed by atoms with Crippen molar-refractivity contribution in [1.82, 2.24) is 0 Å². The number of hydrogen-bond acceptors (Lipinski definition) is 4. The molecule has 1 N–H and O–H groups in total. The number of rotatable bonds is 5. The van der Waals surface area contributed by atoms with Crippen LogP contribution in [0.3, 0.4) is 0 Å². The highest BCUT2D eigenvalue weighted by Crippen LogP contribution is 2.21. The Bertz CT molecular complexity index is 511. The summed E-state index contributed by atoms with van der Waals surface area (Å²) < 4.78 is 5.20. The Balaban J connectivity index is 2.15. The molecule has 0 saturated heterocycles. The van der Waals surface area contributed by atoms with E-state index in [9.17, 15) is 10.1 Å². The third-order valence-electron chi connectivity index (χ3n) is 2.40. The number of halogens is 1. The highest BCUT2D eigenvalue weighted by atomic mass is 35.5. The van der Waals surface area contributed by atoms with E-state index in [1.807, 2.05) is 0 Å². The molecule has 0 saturated carbocycles. The van der Waals surface area contributed by atoms with Crippen molar-refractivity contribution in [3.8, 4) is 0 Å². The van der Waals surface area contributed by atoms with Crippen LogP contribution in [0.2, 0.25) is 5.02 Å². The van der Waals surface area contributed by atoms with Crippen LogP contribution < -0.4 is 5.32 Å². The van der Waals surface area contributed by atoms with Crippen molar-refractivity contribution in [1.29, 1.82) is 0 Å². The topological polar surface area (TPSA) is 68.3 Å². The van der Waals surface area contributed by atoms with E-state index in [0.29, 0.717) is 10.8 Å². The summed E-state index contributed by atoms with van der Waals surface area (Å²) in [5.74, 6) is 0.529. The Morgan fingerprint density at radius 3 is 2.61 bits per heavy atom. The first-order valence-corrected chi connectivity index (χ1v) is 5.70. The van der Waals surface area contributed by atoms with Crippen LogP contribution in [0.4, 0.5) is 5.69 Å². The van der Waals surface area contributed by atoms with Crippen molar-refractivity contribution >= 4 is 17.3 Å². The number of anilines is 1. The Morgan fingerprint density at radius 1 is 1.33 bits per heavy atom. The van der Waals surface area contributed by atoms with Crippen molar-refractivity contribution in [3.63, 3.8) is 0 Å². The van der Waals surface area contributed by atoms with E-state index in [1.165, 1.54) is 6.26 Å². The monoisotopic (exact) mass is 266 g/mol. The van der Waals surface area contributed by atoms with E-state index < -0.39 is 6.04 Å². The third-order valence-corrected chi connectivity index (χ3v) is 2.66. The summed E-state index contributed by atoms with van der Waals surface area (Å²) in [5, 5.41) is 14.3. The fourth-order valence-corrected chi connectivity index (χ4v) is 1.72. The smallest absolute Gasteiger partial charge is 0.231 e. The van der Waals surface area contributed by atoms with Gasteiger partial charge in [0.1, 0.15) is 11.8 Å². The van der Waals surface area contributed by atoms with Gasteiger partial charge in [0, 0.05) is 15.6 Å². The third kappa shape index (κ3) is 3.24. The minimum Gasteiger partial charge on any atom is -0.467 e. The van der Waals surface area contributed by atoms with Crippen LogP contribution >= 0.6 is 11.6 Å². The average molecular weight is 267 g/mol. The van der Waals surface area contributed by atoms with E-state index in [0.717, 1.165) is 5.69 Å². The molecule has 94 valence electrons. The molecule has 18 heavy (non-hydrogen) atoms. The van der Waals surface area contributed by atoms with Crippen LogP contribution in [-0.4, -0.2) is 11.5 Å². The van der Waals surface area contributed by atoms with Gasteiger partial charge in [-0.15, -0.1) is 0 Å². The molecule has 1 unspecified atom stereocenters. The minimum absolute atomic E-state index is 0.254. The van der Waals surface area contributed by atoms with Gasteiger partial charge in [-0.25, -0.2) is 0 Å². The number of benzene rings is 1. The lowest BCUT2D eigenvalue weighted by atomic mass is 10.2. The highest BCUT2D eigenvalue weighted by Gasteiger charge is 2.20. The second-order valence-corrected chi connectivity index (χ2v) is 4.17. The molecule has 1 heterocycles. The standard InChI is InChI=1S/C12H11ClN2O3/c13-9-3-5-10(6-4-9)14-11(8-15(16)17)12-2-1-7-18-12/h1-7,11,14H,8H2. The maximum Gasteiger partial charge on any atom is 0.231 e. The van der Waals surface area contributed by atoms with Crippen molar-refractivity contribution in [2.24, 2.45) is 0 Å². The maximum absolute atomic E-state index is 10.7. The van der Waals surface area contributed by atoms with Gasteiger partial charge in [0.05, 0.1) is 6.26 Å². The number of nitro groups is 1. The quantitative estimate of drug-likeness (QED) is 0.665. The lowest BCUT2D eigenvalue weighted by Crippen LogP contribution is -2.19. The second kappa shape index (κ2) is 5.55. The zero-order chi connectivity index (χ0) is 13.0. The first kappa shape index (κ1) is 12.4. The van der Waals surface area contributed by atoms with Crippen LogP contribution in [-0.2, 0) is 0 Å². The number of hydrogen-bond donors (Lipinski definition) is 1. The number of nitrogens with zero attached hydrogens (tertiary/aromatic N) is 1. The Kier molecular flexibility index (Phi) is 3.84. The van der Waals surface area contributed by atoms with Crippen LogP contribution in [0.1, 0.15) is 11.8 Å². The van der Waals surface area contributed by atoms with Crippen LogP contribution in [0.25, 0.3) is 0 Å². The molecule has 1 aromatic carbocycles. The normalized spacial score (nSPS) is 12.1. The zero-order valence-electron chi connectivity index (χ0n) is 9.38. The summed E-state index contributed by atoms with van der Waals surface area (Å²) in [6, 6.07) is 9.86. The van der Waals surface area contributed by atoms with Gasteiger partial charge in [-0.1, -0.05) is 11.6 Å². The van der Waals surface area contributed by atoms with E-state index >= 15 is 0 Å². The molecule has 6 heteroatoms. The summed E-state index contributed by atoms with van der Waals surface area (Å²) in [6.45, 7) is -0.254. The molecule has 0 fully saturated rings. The molecule has 2 rings (SSSR count). The molecule has 0 aliphatic rings. The fourth-order valence-electron chi connectivity index (χ4n) is 1.59. The van der Waals surface area contributed by atoms with Gasteiger partial charge in [-0.3, -0.25) is 10.1 Å². The van der Waals surface area contributed by atoms with Crippen molar-refractivity contribution < 1.29 is 9.34 Å². The van der Waals surface area contributed by atoms with Gasteiger partial charge < -0.3 is 9.73 Å². The maximum atomic E-state index is 10.7. The van der Waals surface area contributed by atoms with Gasteiger partial charge >= 0.3 is 0 Å². The molecule has 5 nitrogen and oxygen atoms in total. The zero-order valence-corrected chi connectivity index (χ0v) is 10.1. The van der Waals surface area contributed by atoms with Gasteiger partial charge in [0.25, 0.3) is 0 Å². The van der Waals surface area contributed by atoms with E-state index in [4.69, 9.17) is 16.0 Å². The Hall–Kier alpha value is -2.01. The minimum atomic E-state index is -0.504. The number of nitrogens with one attached hydrogen (secondary N) is 1. The van der Waals surface area contributed by atoms with Gasteiger partial charge in [-0.05, 0) is 36.4 Å². The van der Waals surface area contributed by atoms with Crippen molar-refractivity contribution in [2.75, 3.05) is 11.9 Å². The van der Waals surface area contributed by atoms with Crippen molar-refractivity contribution in [2.45, 2.75) is 6.04 Å². The summed E-state index contributed by atoms with van der Waals surface area (Å²) >= 11 is 5.78. The van der Waals surface area contributed by atoms with Gasteiger partial charge in [0.2, 0.25) is 6.54 Å². The molecule has 1 atom stereocenters. The molecule has 0 aliphatic carbocycles. The van der Waals surface area contributed by atoms with Gasteiger partial charge in [-0.2, -0.15) is 0 Å². The molecule has 0 aliphatic heterocycles. The molecule has 1 aromatic heterocycles. The summed E-state index contributed by atoms with van der Waals surface area (Å²) in [7, 11) is 0. The molecule has 0 radical (unpaired) electrons. The Morgan fingerprint density at radius 2 is 2.06 bits per heavy atom. The van der Waals surface area contributed by atoms with Crippen LogP contribution in [0.5, 0.6) is 0 Å². The highest BCUT2D eigenvalue weighted by molar-refractivity contribution is 6.30. The first-order chi connectivity index (χ1) is 8.65. The lowest BCUT2D eigenvalue weighted by Gasteiger charge is -2.13. The van der Waals surface area contributed by atoms with E-state index in [2.05, 4.69) is 5.32 Å². The second-order valence-electron chi connectivity index (χ2n) is 3.73. The largest absolute Gasteiger partial charge is 0.467 e. The van der Waals surface area contributed by atoms with Gasteiger partial charge in [0.15, 0.2) is 0 Å². The number of furan rings is 1. The van der Waals surface area contributed by atoms with Crippen LogP contribution in [0.15, 0.2) is 47.1 Å². The molecular weight excluding hydrogens is 256 g/mol. The lowest BCUT2D eigenvalue weighted by molar-refractivity contribution is -0.482. The van der Waals surface area contributed by atoms with E-state index in [-0.39, 0.29) is 11.5 Å². The SMILES string of the molecule is O=[N+]([O-])CC(Nc1ccc(Cl)cc1)c1ccco1. The van der Waals surface area contributed by atoms with Crippen LogP contribution in [0, 0.1) is 10.1 Å². The molecule has 0 amide bonds. The van der Waals surface area contributed by atoms with Crippen molar-refractivity contribution in [3.05, 3.63) is 63.6 Å². The summed E-state index contributed by atoms with van der Waals surface area (Å²) in [5.41, 5.74) is 0.752. The molecule has 0 bridgehead atoms. The summed E-state index contributed by atoms with van der Waals surface area (Å²) in [6.07, 6.45) is 1.49. The van der Waals surface area contributed by atoms with E-state index in [1.54, 1.807) is 36.4 Å². The predicted octanol–water partition coefficient (Wildman–Crippen LogP) is 3.36.